The molecule has 1 aliphatic heterocycles. The number of nitrogens with one attached hydrogen (secondary N) is 2. The van der Waals surface area contributed by atoms with Gasteiger partial charge in [-0.05, 0) is 38.1 Å². The number of rotatable bonds is 4. The van der Waals surface area contributed by atoms with Gasteiger partial charge in [0.15, 0.2) is 0 Å². The third-order valence-corrected chi connectivity index (χ3v) is 3.40. The van der Waals surface area contributed by atoms with Crippen LogP contribution >= 0.6 is 0 Å². The zero-order valence-corrected chi connectivity index (χ0v) is 8.88. The summed E-state index contributed by atoms with van der Waals surface area (Å²) in [7, 11) is 0. The van der Waals surface area contributed by atoms with Gasteiger partial charge in [-0.3, -0.25) is 4.79 Å². The maximum absolute atomic E-state index is 11.5. The van der Waals surface area contributed by atoms with Gasteiger partial charge < -0.3 is 10.6 Å². The Labute approximate surface area is 85.6 Å². The first kappa shape index (κ1) is 9.97. The fourth-order valence-corrected chi connectivity index (χ4v) is 2.19. The molecule has 3 atom stereocenters. The molecule has 3 nitrogen and oxygen atoms in total. The monoisotopic (exact) mass is 196 g/mol. The molecule has 14 heavy (non-hydrogen) atoms. The maximum Gasteiger partial charge on any atom is 0.223 e. The summed E-state index contributed by atoms with van der Waals surface area (Å²) in [6.07, 6.45) is 4.74. The molecule has 2 aliphatic rings. The molecule has 1 heterocycles. The molecule has 0 aromatic heterocycles. The average Bonchev–Trinajstić information content (AvgIpc) is 2.68. The van der Waals surface area contributed by atoms with E-state index in [9.17, 15) is 4.79 Å². The molecule has 0 aromatic carbocycles. The fourth-order valence-electron chi connectivity index (χ4n) is 2.19. The minimum absolute atomic E-state index is 0.274. The van der Waals surface area contributed by atoms with Crippen LogP contribution in [0.25, 0.3) is 0 Å². The van der Waals surface area contributed by atoms with Crippen molar-refractivity contribution in [1.29, 1.82) is 0 Å². The summed E-state index contributed by atoms with van der Waals surface area (Å²) in [5.41, 5.74) is 0. The summed E-state index contributed by atoms with van der Waals surface area (Å²) in [6.45, 7) is 4.14. The second-order valence-electron chi connectivity index (χ2n) is 4.69. The number of amides is 1. The van der Waals surface area contributed by atoms with Gasteiger partial charge in [-0.1, -0.05) is 6.92 Å². The van der Waals surface area contributed by atoms with Gasteiger partial charge in [0.2, 0.25) is 5.91 Å². The van der Waals surface area contributed by atoms with E-state index in [-0.39, 0.29) is 5.91 Å². The van der Waals surface area contributed by atoms with Gasteiger partial charge in [0.05, 0.1) is 0 Å². The van der Waals surface area contributed by atoms with Crippen molar-refractivity contribution in [2.24, 2.45) is 11.8 Å². The van der Waals surface area contributed by atoms with E-state index >= 15 is 0 Å². The molecule has 0 bridgehead atoms. The molecule has 2 rings (SSSR count). The molecule has 0 radical (unpaired) electrons. The summed E-state index contributed by atoms with van der Waals surface area (Å²) in [6, 6.07) is 0.645. The van der Waals surface area contributed by atoms with Crippen molar-refractivity contribution in [1.82, 2.24) is 10.6 Å². The molecule has 2 unspecified atom stereocenters. The fraction of sp³-hybridized carbons (Fsp3) is 0.909. The van der Waals surface area contributed by atoms with Crippen molar-refractivity contribution >= 4 is 5.91 Å². The Balaban J connectivity index is 1.56. The molecule has 1 aliphatic carbocycles. The molecular formula is C11H20N2O. The largest absolute Gasteiger partial charge is 0.356 e. The highest BCUT2D eigenvalue weighted by Gasteiger charge is 2.38. The Hall–Kier alpha value is -0.570. The minimum Gasteiger partial charge on any atom is -0.356 e. The molecule has 80 valence electrons. The van der Waals surface area contributed by atoms with Gasteiger partial charge in [0.25, 0.3) is 0 Å². The Bertz CT molecular complexity index is 211. The first-order valence-corrected chi connectivity index (χ1v) is 5.78. The third kappa shape index (κ3) is 2.47. The standard InChI is InChI=1S/C11H20N2O/c1-8-7-10(8)11(14)13-6-4-9-3-2-5-12-9/h8-10,12H,2-7H2,1H3,(H,13,14)/t8?,9-,10?/m0/s1. The van der Waals surface area contributed by atoms with E-state index in [2.05, 4.69) is 17.6 Å². The van der Waals surface area contributed by atoms with Crippen LogP contribution in [-0.2, 0) is 4.79 Å². The number of carbonyl (C=O) groups is 1. The Morgan fingerprint density at radius 1 is 1.57 bits per heavy atom. The highest BCUT2D eigenvalue weighted by molar-refractivity contribution is 5.81. The highest BCUT2D eigenvalue weighted by Crippen LogP contribution is 2.37. The first-order chi connectivity index (χ1) is 6.77. The van der Waals surface area contributed by atoms with Crippen LogP contribution in [0, 0.1) is 11.8 Å². The van der Waals surface area contributed by atoms with E-state index in [1.165, 1.54) is 12.8 Å². The normalized spacial score (nSPS) is 35.6. The predicted octanol–water partition coefficient (Wildman–Crippen LogP) is 0.901. The summed E-state index contributed by atoms with van der Waals surface area (Å²) in [4.78, 5) is 11.5. The zero-order chi connectivity index (χ0) is 9.97. The Kier molecular flexibility index (Phi) is 3.06. The molecule has 1 amide bonds. The van der Waals surface area contributed by atoms with Crippen LogP contribution in [0.5, 0.6) is 0 Å². The van der Waals surface area contributed by atoms with Gasteiger partial charge in [0.1, 0.15) is 0 Å². The van der Waals surface area contributed by atoms with Gasteiger partial charge in [-0.15, -0.1) is 0 Å². The van der Waals surface area contributed by atoms with Gasteiger partial charge in [0, 0.05) is 18.5 Å². The smallest absolute Gasteiger partial charge is 0.223 e. The number of hydrogen-bond donors (Lipinski definition) is 2. The Morgan fingerprint density at radius 2 is 2.36 bits per heavy atom. The molecule has 0 spiro atoms. The first-order valence-electron chi connectivity index (χ1n) is 5.78. The van der Waals surface area contributed by atoms with Crippen molar-refractivity contribution in [2.45, 2.75) is 38.6 Å². The van der Waals surface area contributed by atoms with Gasteiger partial charge >= 0.3 is 0 Å². The van der Waals surface area contributed by atoms with Crippen LogP contribution in [0.15, 0.2) is 0 Å². The molecule has 0 aromatic rings. The summed E-state index contributed by atoms with van der Waals surface area (Å²) in [5, 5.41) is 6.46. The second kappa shape index (κ2) is 4.30. The van der Waals surface area contributed by atoms with Crippen LogP contribution in [0.4, 0.5) is 0 Å². The second-order valence-corrected chi connectivity index (χ2v) is 4.69. The van der Waals surface area contributed by atoms with E-state index in [1.54, 1.807) is 0 Å². The quantitative estimate of drug-likeness (QED) is 0.701. The molecular weight excluding hydrogens is 176 g/mol. The van der Waals surface area contributed by atoms with Crippen LogP contribution in [0.1, 0.15) is 32.6 Å². The SMILES string of the molecule is CC1CC1C(=O)NCC[C@@H]1CCCN1. The molecule has 1 saturated heterocycles. The van der Waals surface area contributed by atoms with Crippen LogP contribution in [-0.4, -0.2) is 25.0 Å². The lowest BCUT2D eigenvalue weighted by Crippen LogP contribution is -2.31. The lowest BCUT2D eigenvalue weighted by atomic mass is 10.1. The number of hydrogen-bond acceptors (Lipinski definition) is 2. The molecule has 1 saturated carbocycles. The van der Waals surface area contributed by atoms with E-state index in [1.807, 2.05) is 0 Å². The van der Waals surface area contributed by atoms with Crippen molar-refractivity contribution in [3.8, 4) is 0 Å². The average molecular weight is 196 g/mol. The Morgan fingerprint density at radius 3 is 2.93 bits per heavy atom. The van der Waals surface area contributed by atoms with Crippen molar-refractivity contribution in [3.05, 3.63) is 0 Å². The zero-order valence-electron chi connectivity index (χ0n) is 8.88. The van der Waals surface area contributed by atoms with Crippen molar-refractivity contribution in [3.63, 3.8) is 0 Å². The van der Waals surface area contributed by atoms with Gasteiger partial charge in [-0.25, -0.2) is 0 Å². The predicted molar refractivity (Wildman–Crippen MR) is 55.9 cm³/mol. The lowest BCUT2D eigenvalue weighted by molar-refractivity contribution is -0.122. The maximum atomic E-state index is 11.5. The van der Waals surface area contributed by atoms with Crippen molar-refractivity contribution in [2.75, 3.05) is 13.1 Å². The van der Waals surface area contributed by atoms with E-state index < -0.39 is 0 Å². The summed E-state index contributed by atoms with van der Waals surface area (Å²) < 4.78 is 0. The summed E-state index contributed by atoms with van der Waals surface area (Å²) >= 11 is 0. The van der Waals surface area contributed by atoms with Crippen LogP contribution in [0.2, 0.25) is 0 Å². The highest BCUT2D eigenvalue weighted by atomic mass is 16.2. The topological polar surface area (TPSA) is 41.1 Å². The van der Waals surface area contributed by atoms with Gasteiger partial charge in [-0.2, -0.15) is 0 Å². The number of carbonyl (C=O) groups excluding carboxylic acids is 1. The summed E-state index contributed by atoms with van der Waals surface area (Å²) in [5.74, 6) is 1.22. The lowest BCUT2D eigenvalue weighted by Gasteiger charge is -2.10. The van der Waals surface area contributed by atoms with E-state index in [4.69, 9.17) is 0 Å². The molecule has 2 N–H and O–H groups in total. The van der Waals surface area contributed by atoms with Crippen LogP contribution < -0.4 is 10.6 Å². The minimum atomic E-state index is 0.274. The molecule has 3 heteroatoms. The molecule has 2 fully saturated rings. The van der Waals surface area contributed by atoms with Crippen LogP contribution in [0.3, 0.4) is 0 Å². The van der Waals surface area contributed by atoms with E-state index in [0.29, 0.717) is 17.9 Å². The van der Waals surface area contributed by atoms with E-state index in [0.717, 1.165) is 25.9 Å². The third-order valence-electron chi connectivity index (χ3n) is 3.40. The van der Waals surface area contributed by atoms with Crippen molar-refractivity contribution < 1.29 is 4.79 Å².